The number of aromatic hydroxyl groups is 1. The number of para-hydroxylation sites is 2. The van der Waals surface area contributed by atoms with Gasteiger partial charge in [-0.15, -0.1) is 0 Å². The lowest BCUT2D eigenvalue weighted by Crippen LogP contribution is -2.25. The first-order valence-corrected chi connectivity index (χ1v) is 10.7. The van der Waals surface area contributed by atoms with E-state index in [-0.39, 0.29) is 16.2 Å². The summed E-state index contributed by atoms with van der Waals surface area (Å²) in [5.41, 5.74) is 1.29. The van der Waals surface area contributed by atoms with Crippen LogP contribution in [0.25, 0.3) is 33.9 Å². The summed E-state index contributed by atoms with van der Waals surface area (Å²) in [7, 11) is 3.08. The molecule has 0 amide bonds. The molecular formula is C25H19N3O5S. The molecule has 0 saturated carbocycles. The molecule has 2 heterocycles. The number of hydrogen-bond acceptors (Lipinski definition) is 7. The van der Waals surface area contributed by atoms with Gasteiger partial charge in [0.1, 0.15) is 17.0 Å². The fourth-order valence-corrected chi connectivity index (χ4v) is 4.10. The van der Waals surface area contributed by atoms with Crippen molar-refractivity contribution in [2.45, 2.75) is 0 Å². The standard InChI is InChI=1S/C25H19N3O5S/c1-31-17-9-5-7-15(13-17)27-23(29)21(22-26-19-11-3-4-12-20(19)33-22)24(30)28(25(27)34)16-8-6-10-18(14-16)32-2/h3-14,29H,1-2H3. The van der Waals surface area contributed by atoms with Crippen LogP contribution >= 0.6 is 12.2 Å². The predicted octanol–water partition coefficient (Wildman–Crippen LogP) is 4.89. The Morgan fingerprint density at radius 1 is 0.882 bits per heavy atom. The summed E-state index contributed by atoms with van der Waals surface area (Å²) < 4.78 is 19.2. The van der Waals surface area contributed by atoms with Gasteiger partial charge in [-0.2, -0.15) is 0 Å². The van der Waals surface area contributed by atoms with Crippen LogP contribution in [0, 0.1) is 4.77 Å². The lowest BCUT2D eigenvalue weighted by atomic mass is 10.2. The van der Waals surface area contributed by atoms with Crippen molar-refractivity contribution in [1.82, 2.24) is 14.1 Å². The maximum atomic E-state index is 13.8. The summed E-state index contributed by atoms with van der Waals surface area (Å²) >= 11 is 5.70. The van der Waals surface area contributed by atoms with Crippen LogP contribution in [0.5, 0.6) is 17.4 Å². The van der Waals surface area contributed by atoms with Crippen molar-refractivity contribution in [2.75, 3.05) is 14.2 Å². The molecule has 0 spiro atoms. The second-order valence-corrected chi connectivity index (χ2v) is 7.71. The summed E-state index contributed by atoms with van der Waals surface area (Å²) in [6, 6.07) is 21.0. The van der Waals surface area contributed by atoms with E-state index in [1.54, 1.807) is 73.8 Å². The monoisotopic (exact) mass is 473 g/mol. The Bertz CT molecular complexity index is 1620. The molecule has 0 atom stereocenters. The van der Waals surface area contributed by atoms with E-state index in [4.69, 9.17) is 26.1 Å². The summed E-state index contributed by atoms with van der Waals surface area (Å²) in [5.74, 6) is 0.686. The summed E-state index contributed by atoms with van der Waals surface area (Å²) in [4.78, 5) is 18.2. The van der Waals surface area contributed by atoms with Gasteiger partial charge >= 0.3 is 0 Å². The minimum absolute atomic E-state index is 0.0213. The number of hydrogen-bond donors (Lipinski definition) is 1. The van der Waals surface area contributed by atoms with Crippen molar-refractivity contribution in [3.8, 4) is 40.2 Å². The smallest absolute Gasteiger partial charge is 0.275 e. The molecule has 0 aliphatic carbocycles. The quantitative estimate of drug-likeness (QED) is 0.364. The Hall–Kier alpha value is -4.37. The zero-order valence-electron chi connectivity index (χ0n) is 18.3. The van der Waals surface area contributed by atoms with Crippen LogP contribution in [-0.4, -0.2) is 33.4 Å². The van der Waals surface area contributed by atoms with E-state index >= 15 is 0 Å². The molecule has 0 aliphatic rings. The highest BCUT2D eigenvalue weighted by Gasteiger charge is 2.24. The van der Waals surface area contributed by atoms with Gasteiger partial charge in [-0.3, -0.25) is 13.9 Å². The fraction of sp³-hybridized carbons (Fsp3) is 0.0800. The highest BCUT2D eigenvalue weighted by Crippen LogP contribution is 2.32. The van der Waals surface area contributed by atoms with Crippen molar-refractivity contribution in [2.24, 2.45) is 0 Å². The first-order chi connectivity index (χ1) is 16.5. The fourth-order valence-electron chi connectivity index (χ4n) is 3.72. The minimum atomic E-state index is -0.582. The van der Waals surface area contributed by atoms with Crippen LogP contribution in [0.1, 0.15) is 0 Å². The summed E-state index contributed by atoms with van der Waals surface area (Å²) in [6.07, 6.45) is 0. The molecule has 1 N–H and O–H groups in total. The zero-order chi connectivity index (χ0) is 23.8. The van der Waals surface area contributed by atoms with Gasteiger partial charge < -0.3 is 19.0 Å². The van der Waals surface area contributed by atoms with E-state index in [0.717, 1.165) is 0 Å². The van der Waals surface area contributed by atoms with E-state index in [9.17, 15) is 9.90 Å². The molecule has 5 rings (SSSR count). The Kier molecular flexibility index (Phi) is 5.39. The van der Waals surface area contributed by atoms with Gasteiger partial charge in [-0.1, -0.05) is 24.3 Å². The Labute approximate surface area is 198 Å². The molecule has 170 valence electrons. The lowest BCUT2D eigenvalue weighted by molar-refractivity contribution is 0.412. The number of nitrogens with zero attached hydrogens (tertiary/aromatic N) is 3. The molecule has 0 saturated heterocycles. The van der Waals surface area contributed by atoms with Gasteiger partial charge in [-0.05, 0) is 48.6 Å². The van der Waals surface area contributed by atoms with Crippen LogP contribution in [0.2, 0.25) is 0 Å². The van der Waals surface area contributed by atoms with Crippen LogP contribution in [0.3, 0.4) is 0 Å². The van der Waals surface area contributed by atoms with Crippen LogP contribution in [0.4, 0.5) is 0 Å². The van der Waals surface area contributed by atoms with E-state index in [2.05, 4.69) is 4.98 Å². The molecular weight excluding hydrogens is 454 g/mol. The van der Waals surface area contributed by atoms with Crippen molar-refractivity contribution >= 4 is 23.3 Å². The number of methoxy groups -OCH3 is 2. The molecule has 0 fully saturated rings. The molecule has 8 nitrogen and oxygen atoms in total. The molecule has 2 aromatic heterocycles. The molecule has 5 aromatic rings. The highest BCUT2D eigenvalue weighted by atomic mass is 32.1. The third-order valence-electron chi connectivity index (χ3n) is 5.37. The highest BCUT2D eigenvalue weighted by molar-refractivity contribution is 7.71. The predicted molar refractivity (Wildman–Crippen MR) is 130 cm³/mol. The first-order valence-electron chi connectivity index (χ1n) is 10.3. The van der Waals surface area contributed by atoms with E-state index in [1.807, 2.05) is 6.07 Å². The van der Waals surface area contributed by atoms with Crippen molar-refractivity contribution in [1.29, 1.82) is 0 Å². The average Bonchev–Trinajstić information content (AvgIpc) is 3.28. The number of aromatic nitrogens is 3. The molecule has 0 radical (unpaired) electrons. The zero-order valence-corrected chi connectivity index (χ0v) is 19.1. The van der Waals surface area contributed by atoms with Crippen LogP contribution in [0.15, 0.2) is 82.0 Å². The number of oxazole rings is 1. The molecule has 0 bridgehead atoms. The third kappa shape index (κ3) is 3.52. The van der Waals surface area contributed by atoms with Gasteiger partial charge in [0.2, 0.25) is 11.8 Å². The number of ether oxygens (including phenoxy) is 2. The molecule has 0 unspecified atom stereocenters. The minimum Gasteiger partial charge on any atom is -0.497 e. The molecule has 34 heavy (non-hydrogen) atoms. The number of benzene rings is 3. The third-order valence-corrected chi connectivity index (χ3v) is 5.73. The molecule has 3 aromatic carbocycles. The van der Waals surface area contributed by atoms with Crippen LogP contribution in [-0.2, 0) is 0 Å². The summed E-state index contributed by atoms with van der Waals surface area (Å²) in [6.45, 7) is 0. The number of rotatable bonds is 5. The SMILES string of the molecule is COc1cccc(-n2c(O)c(-c3nc4ccccc4o3)c(=O)n(-c3cccc(OC)c3)c2=S)c1. The second-order valence-electron chi connectivity index (χ2n) is 7.35. The maximum absolute atomic E-state index is 13.8. The topological polar surface area (TPSA) is 91.7 Å². The largest absolute Gasteiger partial charge is 0.497 e. The van der Waals surface area contributed by atoms with E-state index < -0.39 is 11.4 Å². The van der Waals surface area contributed by atoms with E-state index in [1.165, 1.54) is 16.2 Å². The van der Waals surface area contributed by atoms with E-state index in [0.29, 0.717) is 34.0 Å². The van der Waals surface area contributed by atoms with Gasteiger partial charge in [0, 0.05) is 12.1 Å². The Morgan fingerprint density at radius 2 is 1.50 bits per heavy atom. The summed E-state index contributed by atoms with van der Waals surface area (Å²) in [5, 5.41) is 11.3. The van der Waals surface area contributed by atoms with Gasteiger partial charge in [0.15, 0.2) is 15.9 Å². The Balaban J connectivity index is 1.89. The molecule has 0 aliphatic heterocycles. The number of fused-ring (bicyclic) bond motifs is 1. The Morgan fingerprint density at radius 3 is 2.12 bits per heavy atom. The van der Waals surface area contributed by atoms with Gasteiger partial charge in [0.25, 0.3) is 5.56 Å². The van der Waals surface area contributed by atoms with Gasteiger partial charge in [-0.25, -0.2) is 4.98 Å². The lowest BCUT2D eigenvalue weighted by Gasteiger charge is -2.17. The molecule has 9 heteroatoms. The maximum Gasteiger partial charge on any atom is 0.275 e. The first kappa shape index (κ1) is 21.5. The van der Waals surface area contributed by atoms with Crippen LogP contribution < -0.4 is 15.0 Å². The van der Waals surface area contributed by atoms with Crippen molar-refractivity contribution < 1.29 is 19.0 Å². The second kappa shape index (κ2) is 8.53. The average molecular weight is 474 g/mol. The van der Waals surface area contributed by atoms with Gasteiger partial charge in [0.05, 0.1) is 25.6 Å². The van der Waals surface area contributed by atoms with Crippen molar-refractivity contribution in [3.05, 3.63) is 87.9 Å². The van der Waals surface area contributed by atoms with Crippen molar-refractivity contribution in [3.63, 3.8) is 0 Å². The normalized spacial score (nSPS) is 11.0.